The average Bonchev–Trinajstić information content (AvgIpc) is 3.26. The minimum Gasteiger partial charge on any atom is -0.245 e. The van der Waals surface area contributed by atoms with Crippen LogP contribution in [0.3, 0.4) is 0 Å². The molecule has 252 valence electrons. The summed E-state index contributed by atoms with van der Waals surface area (Å²) in [6.45, 7) is 0. The van der Waals surface area contributed by atoms with E-state index >= 15 is 0 Å². The van der Waals surface area contributed by atoms with Gasteiger partial charge in [0.05, 0.1) is 33.8 Å². The third-order valence-corrected chi connectivity index (χ3v) is 10.1. The normalized spacial score (nSPS) is 11.3. The first-order chi connectivity index (χ1) is 26.7. The molecule has 0 aliphatic heterocycles. The Labute approximate surface area is 313 Å². The van der Waals surface area contributed by atoms with Crippen LogP contribution in [-0.4, -0.2) is 19.9 Å². The van der Waals surface area contributed by atoms with Crippen molar-refractivity contribution in [3.05, 3.63) is 194 Å². The first-order valence-electron chi connectivity index (χ1n) is 18.1. The average molecular weight is 689 g/mol. The van der Waals surface area contributed by atoms with E-state index in [-0.39, 0.29) is 0 Å². The van der Waals surface area contributed by atoms with Gasteiger partial charge in [0, 0.05) is 38.6 Å². The monoisotopic (exact) mass is 688 g/mol. The van der Waals surface area contributed by atoms with Gasteiger partial charge in [0.15, 0.2) is 5.82 Å². The van der Waals surface area contributed by atoms with Crippen LogP contribution in [0.5, 0.6) is 0 Å². The summed E-state index contributed by atoms with van der Waals surface area (Å²) in [5, 5.41) is 4.41. The SMILES string of the molecule is c1ccc(-c2ccc(-c3nc(-c4ccccc4)cc(-c4ccc5cc(-c6ccc7ccc8ccc(-c9ccccc9)nc8c7n6)ccc5c4)n3)cc2)cc1. The molecule has 0 radical (unpaired) electrons. The fourth-order valence-electron chi connectivity index (χ4n) is 7.19. The van der Waals surface area contributed by atoms with Crippen LogP contribution in [0.15, 0.2) is 194 Å². The van der Waals surface area contributed by atoms with Crippen molar-refractivity contribution in [2.24, 2.45) is 0 Å². The van der Waals surface area contributed by atoms with Crippen LogP contribution in [0.1, 0.15) is 0 Å². The predicted molar refractivity (Wildman–Crippen MR) is 223 cm³/mol. The van der Waals surface area contributed by atoms with Gasteiger partial charge in [0.2, 0.25) is 0 Å². The van der Waals surface area contributed by atoms with E-state index in [1.165, 1.54) is 5.56 Å². The summed E-state index contributed by atoms with van der Waals surface area (Å²) in [4.78, 5) is 20.5. The van der Waals surface area contributed by atoms with E-state index < -0.39 is 0 Å². The maximum absolute atomic E-state index is 5.20. The molecule has 0 spiro atoms. The number of pyridine rings is 2. The highest BCUT2D eigenvalue weighted by atomic mass is 14.9. The Morgan fingerprint density at radius 3 is 1.15 bits per heavy atom. The van der Waals surface area contributed by atoms with Gasteiger partial charge >= 0.3 is 0 Å². The second-order valence-corrected chi connectivity index (χ2v) is 13.5. The summed E-state index contributed by atoms with van der Waals surface area (Å²) in [5.41, 5.74) is 13.0. The number of nitrogens with zero attached hydrogens (tertiary/aromatic N) is 4. The second kappa shape index (κ2) is 13.4. The molecule has 0 aliphatic rings. The number of hydrogen-bond donors (Lipinski definition) is 0. The minimum atomic E-state index is 0.696. The van der Waals surface area contributed by atoms with E-state index in [0.717, 1.165) is 88.7 Å². The maximum atomic E-state index is 5.20. The molecular weight excluding hydrogens is 657 g/mol. The Bertz CT molecular complexity index is 2960. The van der Waals surface area contributed by atoms with E-state index in [2.05, 4.69) is 152 Å². The van der Waals surface area contributed by atoms with Crippen molar-refractivity contribution in [3.8, 4) is 67.5 Å². The van der Waals surface area contributed by atoms with Gasteiger partial charge in [0.25, 0.3) is 0 Å². The highest BCUT2D eigenvalue weighted by Crippen LogP contribution is 2.33. The smallest absolute Gasteiger partial charge is 0.160 e. The van der Waals surface area contributed by atoms with Crippen LogP contribution in [0.25, 0.3) is 100 Å². The molecule has 0 aliphatic carbocycles. The number of fused-ring (bicyclic) bond motifs is 4. The lowest BCUT2D eigenvalue weighted by atomic mass is 9.99. The van der Waals surface area contributed by atoms with Crippen molar-refractivity contribution < 1.29 is 0 Å². The number of benzene rings is 7. The lowest BCUT2D eigenvalue weighted by Crippen LogP contribution is -1.96. The summed E-state index contributed by atoms with van der Waals surface area (Å²) in [6.07, 6.45) is 0. The largest absolute Gasteiger partial charge is 0.245 e. The van der Waals surface area contributed by atoms with Crippen molar-refractivity contribution in [2.75, 3.05) is 0 Å². The molecule has 3 aromatic heterocycles. The zero-order valence-corrected chi connectivity index (χ0v) is 29.3. The highest BCUT2D eigenvalue weighted by Gasteiger charge is 2.13. The van der Waals surface area contributed by atoms with E-state index in [1.807, 2.05) is 42.5 Å². The Hall–Kier alpha value is -7.30. The van der Waals surface area contributed by atoms with Gasteiger partial charge in [-0.25, -0.2) is 19.9 Å². The molecule has 4 heteroatoms. The van der Waals surface area contributed by atoms with Gasteiger partial charge in [-0.3, -0.25) is 0 Å². The van der Waals surface area contributed by atoms with Crippen molar-refractivity contribution in [1.82, 2.24) is 19.9 Å². The fourth-order valence-corrected chi connectivity index (χ4v) is 7.19. The molecule has 54 heavy (non-hydrogen) atoms. The number of hydrogen-bond acceptors (Lipinski definition) is 4. The van der Waals surface area contributed by atoms with Crippen LogP contribution in [0, 0.1) is 0 Å². The molecule has 0 N–H and O–H groups in total. The predicted octanol–water partition coefficient (Wildman–Crippen LogP) is 12.7. The molecule has 7 aromatic carbocycles. The van der Waals surface area contributed by atoms with E-state index in [4.69, 9.17) is 19.9 Å². The summed E-state index contributed by atoms with van der Waals surface area (Å²) >= 11 is 0. The second-order valence-electron chi connectivity index (χ2n) is 13.5. The van der Waals surface area contributed by atoms with Crippen molar-refractivity contribution in [1.29, 1.82) is 0 Å². The molecule has 0 bridgehead atoms. The van der Waals surface area contributed by atoms with Crippen molar-refractivity contribution in [3.63, 3.8) is 0 Å². The lowest BCUT2D eigenvalue weighted by Gasteiger charge is -2.11. The Morgan fingerprint density at radius 1 is 0.222 bits per heavy atom. The molecule has 0 atom stereocenters. The van der Waals surface area contributed by atoms with Crippen LogP contribution >= 0.6 is 0 Å². The molecule has 0 amide bonds. The first kappa shape index (κ1) is 31.4. The molecule has 10 rings (SSSR count). The van der Waals surface area contributed by atoms with Crippen LogP contribution in [-0.2, 0) is 0 Å². The molecule has 0 saturated carbocycles. The lowest BCUT2D eigenvalue weighted by molar-refractivity contribution is 1.18. The zero-order valence-electron chi connectivity index (χ0n) is 29.3. The van der Waals surface area contributed by atoms with Gasteiger partial charge in [-0.05, 0) is 52.2 Å². The Balaban J connectivity index is 1.02. The van der Waals surface area contributed by atoms with Crippen molar-refractivity contribution >= 4 is 32.6 Å². The van der Waals surface area contributed by atoms with Crippen LogP contribution < -0.4 is 0 Å². The third kappa shape index (κ3) is 5.96. The Kier molecular flexibility index (Phi) is 7.77. The molecule has 10 aromatic rings. The molecule has 0 unspecified atom stereocenters. The first-order valence-corrected chi connectivity index (χ1v) is 18.1. The molecule has 4 nitrogen and oxygen atoms in total. The minimum absolute atomic E-state index is 0.696. The quantitative estimate of drug-likeness (QED) is 0.163. The van der Waals surface area contributed by atoms with Gasteiger partial charge < -0.3 is 0 Å². The molecule has 3 heterocycles. The fraction of sp³-hybridized carbons (Fsp3) is 0. The Morgan fingerprint density at radius 2 is 0.593 bits per heavy atom. The topological polar surface area (TPSA) is 51.6 Å². The van der Waals surface area contributed by atoms with Crippen LogP contribution in [0.4, 0.5) is 0 Å². The van der Waals surface area contributed by atoms with Gasteiger partial charge in [0.1, 0.15) is 0 Å². The standard InChI is InChI=1S/C50H32N4/c1-4-10-33(11-5-1)34-16-20-39(21-17-34)50-53-46(36-14-8-3-9-15-36)32-47(54-50)43-25-23-40-30-42(24-22-41(40)31-43)45-29-27-38-19-18-37-26-28-44(35-12-6-2-7-13-35)51-48(37)49(38)52-45/h1-32H. The van der Waals surface area contributed by atoms with Gasteiger partial charge in [-0.15, -0.1) is 0 Å². The maximum Gasteiger partial charge on any atom is 0.160 e. The molecule has 0 fully saturated rings. The summed E-state index contributed by atoms with van der Waals surface area (Å²) in [7, 11) is 0. The van der Waals surface area contributed by atoms with Gasteiger partial charge in [-0.2, -0.15) is 0 Å². The summed E-state index contributed by atoms with van der Waals surface area (Å²) in [6, 6.07) is 67.4. The molecule has 0 saturated heterocycles. The third-order valence-electron chi connectivity index (χ3n) is 10.1. The zero-order chi connectivity index (χ0) is 35.8. The van der Waals surface area contributed by atoms with Crippen molar-refractivity contribution in [2.45, 2.75) is 0 Å². The van der Waals surface area contributed by atoms with Crippen LogP contribution in [0.2, 0.25) is 0 Å². The van der Waals surface area contributed by atoms with E-state index in [9.17, 15) is 0 Å². The number of aromatic nitrogens is 4. The highest BCUT2D eigenvalue weighted by molar-refractivity contribution is 6.04. The van der Waals surface area contributed by atoms with Gasteiger partial charge in [-0.1, -0.05) is 164 Å². The van der Waals surface area contributed by atoms with E-state index in [0.29, 0.717) is 5.82 Å². The number of rotatable bonds is 6. The molecular formula is C50H32N4. The summed E-state index contributed by atoms with van der Waals surface area (Å²) < 4.78 is 0. The summed E-state index contributed by atoms with van der Waals surface area (Å²) in [5.74, 6) is 0.696. The van der Waals surface area contributed by atoms with E-state index in [1.54, 1.807) is 0 Å².